The van der Waals surface area contributed by atoms with Crippen LogP contribution in [0.1, 0.15) is 37.5 Å². The molecule has 0 atom stereocenters. The summed E-state index contributed by atoms with van der Waals surface area (Å²) in [5.74, 6) is -0.218. The van der Waals surface area contributed by atoms with Crippen molar-refractivity contribution < 1.29 is 4.39 Å². The summed E-state index contributed by atoms with van der Waals surface area (Å²) in [6.45, 7) is 8.33. The van der Waals surface area contributed by atoms with Gasteiger partial charge in [-0.3, -0.25) is 4.90 Å². The van der Waals surface area contributed by atoms with Crippen molar-refractivity contribution in [1.29, 1.82) is 0 Å². The van der Waals surface area contributed by atoms with Crippen molar-refractivity contribution in [3.8, 4) is 0 Å². The minimum Gasteiger partial charge on any atom is -0.298 e. The van der Waals surface area contributed by atoms with Crippen molar-refractivity contribution in [2.75, 3.05) is 7.05 Å². The molecule has 0 N–H and O–H groups in total. The van der Waals surface area contributed by atoms with Crippen LogP contribution in [-0.2, 0) is 18.5 Å². The van der Waals surface area contributed by atoms with Crippen LogP contribution in [0.3, 0.4) is 0 Å². The first-order chi connectivity index (χ1) is 10.3. The van der Waals surface area contributed by atoms with Crippen LogP contribution in [0.5, 0.6) is 0 Å². The van der Waals surface area contributed by atoms with Crippen molar-refractivity contribution in [3.63, 3.8) is 0 Å². The van der Waals surface area contributed by atoms with Crippen molar-refractivity contribution in [3.05, 3.63) is 69.4 Å². The number of hydrogen-bond donors (Lipinski definition) is 0. The second-order valence-electron chi connectivity index (χ2n) is 6.87. The average molecular weight is 364 g/mol. The summed E-state index contributed by atoms with van der Waals surface area (Å²) in [5.41, 5.74) is 3.92. The lowest BCUT2D eigenvalue weighted by Gasteiger charge is -2.21. The maximum Gasteiger partial charge on any atom is 0.137 e. The largest absolute Gasteiger partial charge is 0.298 e. The van der Waals surface area contributed by atoms with Crippen LogP contribution in [0.15, 0.2) is 46.9 Å². The minimum absolute atomic E-state index is 0.185. The lowest BCUT2D eigenvalue weighted by Crippen LogP contribution is -2.17. The fourth-order valence-electron chi connectivity index (χ4n) is 2.43. The highest BCUT2D eigenvalue weighted by Crippen LogP contribution is 2.23. The third-order valence-corrected chi connectivity index (χ3v) is 4.32. The molecule has 0 unspecified atom stereocenters. The molecule has 2 aromatic rings. The van der Waals surface area contributed by atoms with E-state index in [4.69, 9.17) is 0 Å². The summed E-state index contributed by atoms with van der Waals surface area (Å²) >= 11 is 3.24. The molecule has 2 rings (SSSR count). The van der Waals surface area contributed by atoms with E-state index in [9.17, 15) is 4.39 Å². The van der Waals surface area contributed by atoms with Gasteiger partial charge >= 0.3 is 0 Å². The first kappa shape index (κ1) is 17.2. The van der Waals surface area contributed by atoms with Gasteiger partial charge in [0.1, 0.15) is 5.82 Å². The number of rotatable bonds is 4. The standard InChI is InChI=1S/C19H23BrFN/c1-19(2,3)16-8-5-14(6-9-16)12-22(4)13-15-7-10-18(21)17(20)11-15/h5-11H,12-13H2,1-4H3. The van der Waals surface area contributed by atoms with Gasteiger partial charge in [0.25, 0.3) is 0 Å². The van der Waals surface area contributed by atoms with E-state index >= 15 is 0 Å². The lowest BCUT2D eigenvalue weighted by molar-refractivity contribution is 0.319. The van der Waals surface area contributed by atoms with E-state index in [1.165, 1.54) is 17.2 Å². The van der Waals surface area contributed by atoms with Gasteiger partial charge in [-0.1, -0.05) is 51.1 Å². The van der Waals surface area contributed by atoms with Crippen LogP contribution < -0.4 is 0 Å². The lowest BCUT2D eigenvalue weighted by atomic mass is 9.87. The van der Waals surface area contributed by atoms with Crippen molar-refractivity contribution in [2.24, 2.45) is 0 Å². The predicted octanol–water partition coefficient (Wildman–Crippen LogP) is 5.52. The summed E-state index contributed by atoms with van der Waals surface area (Å²) < 4.78 is 13.8. The fourth-order valence-corrected chi connectivity index (χ4v) is 2.85. The molecule has 0 aromatic heterocycles. The molecule has 0 saturated carbocycles. The molecule has 2 aromatic carbocycles. The molecule has 0 fully saturated rings. The van der Waals surface area contributed by atoms with E-state index in [0.717, 1.165) is 18.7 Å². The van der Waals surface area contributed by atoms with Crippen LogP contribution in [-0.4, -0.2) is 11.9 Å². The van der Waals surface area contributed by atoms with Gasteiger partial charge in [-0.05, 0) is 57.2 Å². The molecule has 0 aliphatic heterocycles. The van der Waals surface area contributed by atoms with Crippen LogP contribution in [0, 0.1) is 5.82 Å². The molecule has 1 nitrogen and oxygen atoms in total. The zero-order valence-corrected chi connectivity index (χ0v) is 15.2. The monoisotopic (exact) mass is 363 g/mol. The molecule has 118 valence electrons. The van der Waals surface area contributed by atoms with Crippen molar-refractivity contribution in [2.45, 2.75) is 39.3 Å². The number of benzene rings is 2. The highest BCUT2D eigenvalue weighted by Gasteiger charge is 2.13. The first-order valence-electron chi connectivity index (χ1n) is 7.47. The summed E-state index contributed by atoms with van der Waals surface area (Å²) in [6, 6.07) is 14.0. The highest BCUT2D eigenvalue weighted by molar-refractivity contribution is 9.10. The Morgan fingerprint density at radius 1 is 0.955 bits per heavy atom. The Morgan fingerprint density at radius 2 is 1.50 bits per heavy atom. The molecule has 0 heterocycles. The van der Waals surface area contributed by atoms with Gasteiger partial charge in [0.05, 0.1) is 4.47 Å². The summed E-state index contributed by atoms with van der Waals surface area (Å²) in [7, 11) is 2.08. The van der Waals surface area contributed by atoms with E-state index in [1.807, 2.05) is 12.1 Å². The Hall–Kier alpha value is -1.19. The molecule has 0 radical (unpaired) electrons. The van der Waals surface area contributed by atoms with Gasteiger partial charge in [-0.2, -0.15) is 0 Å². The summed E-state index contributed by atoms with van der Waals surface area (Å²) in [4.78, 5) is 2.23. The Bertz CT molecular complexity index is 629. The molecule has 0 saturated heterocycles. The molecule has 0 bridgehead atoms. The zero-order valence-electron chi connectivity index (χ0n) is 13.7. The van der Waals surface area contributed by atoms with Gasteiger partial charge in [0, 0.05) is 13.1 Å². The third-order valence-electron chi connectivity index (χ3n) is 3.71. The topological polar surface area (TPSA) is 3.24 Å². The Kier molecular flexibility index (Phi) is 5.41. The van der Waals surface area contributed by atoms with Gasteiger partial charge in [-0.15, -0.1) is 0 Å². The zero-order chi connectivity index (χ0) is 16.3. The third kappa shape index (κ3) is 4.65. The Morgan fingerprint density at radius 3 is 2.05 bits per heavy atom. The maximum absolute atomic E-state index is 13.3. The predicted molar refractivity (Wildman–Crippen MR) is 94.4 cm³/mol. The average Bonchev–Trinajstić information content (AvgIpc) is 2.42. The second kappa shape index (κ2) is 6.93. The first-order valence-corrected chi connectivity index (χ1v) is 8.27. The SMILES string of the molecule is CN(Cc1ccc(C(C)(C)C)cc1)Cc1ccc(F)c(Br)c1. The number of halogens is 2. The molecule has 0 aliphatic carbocycles. The van der Waals surface area contributed by atoms with E-state index < -0.39 is 0 Å². The van der Waals surface area contributed by atoms with Gasteiger partial charge < -0.3 is 0 Å². The van der Waals surface area contributed by atoms with Gasteiger partial charge in [0.2, 0.25) is 0 Å². The molecule has 22 heavy (non-hydrogen) atoms. The van der Waals surface area contributed by atoms with Gasteiger partial charge in [-0.25, -0.2) is 4.39 Å². The quantitative estimate of drug-likeness (QED) is 0.691. The Balaban J connectivity index is 1.99. The van der Waals surface area contributed by atoms with E-state index in [2.05, 4.69) is 72.9 Å². The van der Waals surface area contributed by atoms with Crippen LogP contribution in [0.4, 0.5) is 4.39 Å². The van der Waals surface area contributed by atoms with Crippen LogP contribution in [0.25, 0.3) is 0 Å². The van der Waals surface area contributed by atoms with Crippen molar-refractivity contribution >= 4 is 15.9 Å². The molecule has 0 spiro atoms. The number of nitrogens with zero attached hydrogens (tertiary/aromatic N) is 1. The maximum atomic E-state index is 13.3. The normalized spacial score (nSPS) is 12.0. The fraction of sp³-hybridized carbons (Fsp3) is 0.368. The highest BCUT2D eigenvalue weighted by atomic mass is 79.9. The molecule has 0 aliphatic rings. The smallest absolute Gasteiger partial charge is 0.137 e. The van der Waals surface area contributed by atoms with E-state index in [-0.39, 0.29) is 11.2 Å². The van der Waals surface area contributed by atoms with E-state index in [0.29, 0.717) is 4.47 Å². The Labute approximate surface area is 141 Å². The van der Waals surface area contributed by atoms with Gasteiger partial charge in [0.15, 0.2) is 0 Å². The molecule has 0 amide bonds. The van der Waals surface area contributed by atoms with E-state index in [1.54, 1.807) is 0 Å². The minimum atomic E-state index is -0.218. The van der Waals surface area contributed by atoms with Crippen molar-refractivity contribution in [1.82, 2.24) is 4.90 Å². The molecular formula is C19H23BrFN. The summed E-state index contributed by atoms with van der Waals surface area (Å²) in [6.07, 6.45) is 0. The second-order valence-corrected chi connectivity index (χ2v) is 7.72. The van der Waals surface area contributed by atoms with Crippen LogP contribution in [0.2, 0.25) is 0 Å². The number of hydrogen-bond acceptors (Lipinski definition) is 1. The summed E-state index contributed by atoms with van der Waals surface area (Å²) in [5, 5.41) is 0. The molecule has 3 heteroatoms. The molecular weight excluding hydrogens is 341 g/mol. The van der Waals surface area contributed by atoms with Crippen LogP contribution >= 0.6 is 15.9 Å².